The van der Waals surface area contributed by atoms with Crippen LogP contribution in [0.5, 0.6) is 5.75 Å². The third kappa shape index (κ3) is 6.39. The van der Waals surface area contributed by atoms with Gasteiger partial charge in [-0.25, -0.2) is 0 Å². The first-order valence-corrected chi connectivity index (χ1v) is 11.2. The molecule has 0 unspecified atom stereocenters. The number of unbranched alkanes of at least 4 members (excludes halogenated alkanes) is 2. The van der Waals surface area contributed by atoms with Crippen LogP contribution in [0.25, 0.3) is 11.4 Å². The minimum Gasteiger partial charge on any atom is -0.484 e. The first kappa shape index (κ1) is 21.0. The molecule has 31 heavy (non-hydrogen) atoms. The van der Waals surface area contributed by atoms with E-state index in [2.05, 4.69) is 25.6 Å². The van der Waals surface area contributed by atoms with Crippen LogP contribution in [-0.4, -0.2) is 36.2 Å². The maximum absolute atomic E-state index is 5.69. The van der Waals surface area contributed by atoms with Gasteiger partial charge in [-0.15, -0.1) is 20.4 Å². The summed E-state index contributed by atoms with van der Waals surface area (Å²) in [6.45, 7) is 3.05. The number of nitrogens with zero attached hydrogens (tertiary/aromatic N) is 6. The van der Waals surface area contributed by atoms with Gasteiger partial charge in [-0.2, -0.15) is 4.80 Å². The van der Waals surface area contributed by atoms with E-state index in [1.54, 1.807) is 16.6 Å². The highest BCUT2D eigenvalue weighted by Gasteiger charge is 2.08. The molecule has 8 nitrogen and oxygen atoms in total. The molecule has 0 saturated carbocycles. The lowest BCUT2D eigenvalue weighted by molar-refractivity contribution is 0.252. The number of hydrogen-bond donors (Lipinski definition) is 0. The lowest BCUT2D eigenvalue weighted by Gasteiger charge is -2.03. The molecule has 0 N–H and O–H groups in total. The van der Waals surface area contributed by atoms with Crippen molar-refractivity contribution in [2.24, 2.45) is 0 Å². The maximum Gasteiger partial charge on any atom is 0.276 e. The average molecular weight is 437 g/mol. The van der Waals surface area contributed by atoms with Crippen molar-refractivity contribution < 1.29 is 9.15 Å². The standard InChI is InChI=1S/C22H24N6O2S/c1-17-9-8-12-19(15-17)29-16-20-23-25-22(30-20)31-14-7-3-6-13-28-26-21(24-27-28)18-10-4-2-5-11-18/h2,4-5,8-12,15H,3,6-7,13-14,16H2,1H3. The molecule has 0 aliphatic carbocycles. The molecule has 0 bridgehead atoms. The first-order valence-electron chi connectivity index (χ1n) is 10.2. The highest BCUT2D eigenvalue weighted by Crippen LogP contribution is 2.20. The molecule has 4 aromatic rings. The van der Waals surface area contributed by atoms with Gasteiger partial charge < -0.3 is 9.15 Å². The third-order valence-corrected chi connectivity index (χ3v) is 5.42. The van der Waals surface area contributed by atoms with E-state index in [0.717, 1.165) is 48.4 Å². The molecular weight excluding hydrogens is 412 g/mol. The maximum atomic E-state index is 5.69. The SMILES string of the molecule is Cc1cccc(OCc2nnc(SCCCCCn3nnc(-c4ccccc4)n3)o2)c1. The van der Waals surface area contributed by atoms with E-state index in [4.69, 9.17) is 9.15 Å². The Balaban J connectivity index is 1.12. The summed E-state index contributed by atoms with van der Waals surface area (Å²) in [7, 11) is 0. The van der Waals surface area contributed by atoms with Gasteiger partial charge in [0, 0.05) is 11.3 Å². The molecule has 0 atom stereocenters. The van der Waals surface area contributed by atoms with Crippen molar-refractivity contribution in [2.45, 2.75) is 44.6 Å². The Bertz CT molecular complexity index is 1080. The summed E-state index contributed by atoms with van der Waals surface area (Å²) >= 11 is 1.57. The Kier molecular flexibility index (Phi) is 7.28. The van der Waals surface area contributed by atoms with Crippen LogP contribution in [0.4, 0.5) is 0 Å². The van der Waals surface area contributed by atoms with E-state index in [9.17, 15) is 0 Å². The lowest BCUT2D eigenvalue weighted by atomic mass is 10.2. The van der Waals surface area contributed by atoms with Crippen LogP contribution in [0.1, 0.15) is 30.7 Å². The smallest absolute Gasteiger partial charge is 0.276 e. The number of thioether (sulfide) groups is 1. The van der Waals surface area contributed by atoms with E-state index in [1.165, 1.54) is 0 Å². The van der Waals surface area contributed by atoms with Gasteiger partial charge in [-0.1, -0.05) is 60.6 Å². The second-order valence-corrected chi connectivity index (χ2v) is 8.10. The molecule has 160 valence electrons. The number of benzene rings is 2. The van der Waals surface area contributed by atoms with Crippen LogP contribution >= 0.6 is 11.8 Å². The van der Waals surface area contributed by atoms with Gasteiger partial charge in [0.25, 0.3) is 11.1 Å². The van der Waals surface area contributed by atoms with Crippen LogP contribution < -0.4 is 4.74 Å². The number of ether oxygens (including phenoxy) is 1. The second-order valence-electron chi connectivity index (χ2n) is 7.05. The predicted octanol–water partition coefficient (Wildman–Crippen LogP) is 4.57. The predicted molar refractivity (Wildman–Crippen MR) is 118 cm³/mol. The Morgan fingerprint density at radius 1 is 0.968 bits per heavy atom. The molecule has 2 heterocycles. The van der Waals surface area contributed by atoms with Gasteiger partial charge in [-0.3, -0.25) is 0 Å². The molecule has 0 spiro atoms. The molecule has 4 rings (SSSR count). The molecule has 2 aromatic heterocycles. The Morgan fingerprint density at radius 2 is 1.87 bits per heavy atom. The van der Waals surface area contributed by atoms with Gasteiger partial charge in [0.05, 0.1) is 6.54 Å². The topological polar surface area (TPSA) is 91.8 Å². The van der Waals surface area contributed by atoms with Crippen molar-refractivity contribution in [3.8, 4) is 17.1 Å². The zero-order valence-electron chi connectivity index (χ0n) is 17.3. The second kappa shape index (κ2) is 10.7. The van der Waals surface area contributed by atoms with E-state index in [1.807, 2.05) is 61.5 Å². The number of rotatable bonds is 11. The summed E-state index contributed by atoms with van der Waals surface area (Å²) in [5.74, 6) is 2.86. The van der Waals surface area contributed by atoms with Crippen LogP contribution in [0, 0.1) is 6.92 Å². The fraction of sp³-hybridized carbons (Fsp3) is 0.318. The number of aromatic nitrogens is 6. The fourth-order valence-corrected chi connectivity index (χ4v) is 3.71. The van der Waals surface area contributed by atoms with Gasteiger partial charge in [0.2, 0.25) is 5.82 Å². The van der Waals surface area contributed by atoms with Crippen molar-refractivity contribution in [1.29, 1.82) is 0 Å². The Labute approximate surface area is 185 Å². The largest absolute Gasteiger partial charge is 0.484 e. The number of tetrazole rings is 1. The molecule has 0 aliphatic heterocycles. The fourth-order valence-electron chi connectivity index (χ4n) is 2.94. The van der Waals surface area contributed by atoms with Crippen molar-refractivity contribution in [2.75, 3.05) is 5.75 Å². The van der Waals surface area contributed by atoms with Gasteiger partial charge in [0.1, 0.15) is 5.75 Å². The molecule has 0 amide bonds. The molecule has 0 radical (unpaired) electrons. The van der Waals surface area contributed by atoms with Gasteiger partial charge >= 0.3 is 0 Å². The summed E-state index contributed by atoms with van der Waals surface area (Å²) in [6, 6.07) is 17.8. The Hall–Kier alpha value is -3.20. The molecule has 2 aromatic carbocycles. The summed E-state index contributed by atoms with van der Waals surface area (Å²) < 4.78 is 11.3. The summed E-state index contributed by atoms with van der Waals surface area (Å²) in [5.41, 5.74) is 2.13. The van der Waals surface area contributed by atoms with Crippen LogP contribution in [0.2, 0.25) is 0 Å². The van der Waals surface area contributed by atoms with Crippen molar-refractivity contribution in [3.05, 3.63) is 66.1 Å². The highest BCUT2D eigenvalue weighted by molar-refractivity contribution is 7.99. The van der Waals surface area contributed by atoms with Gasteiger partial charge in [-0.05, 0) is 42.7 Å². The summed E-state index contributed by atoms with van der Waals surface area (Å²) in [4.78, 5) is 1.66. The van der Waals surface area contributed by atoms with Crippen molar-refractivity contribution in [1.82, 2.24) is 30.4 Å². The van der Waals surface area contributed by atoms with Crippen LogP contribution in [0.3, 0.4) is 0 Å². The summed E-state index contributed by atoms with van der Waals surface area (Å²) in [6.07, 6.45) is 3.10. The number of aryl methyl sites for hydroxylation is 2. The first-order chi connectivity index (χ1) is 15.3. The molecular formula is C22H24N6O2S. The quantitative estimate of drug-likeness (QED) is 0.249. The molecule has 0 fully saturated rings. The molecule has 9 heteroatoms. The molecule has 0 aliphatic rings. The highest BCUT2D eigenvalue weighted by atomic mass is 32.2. The van der Waals surface area contributed by atoms with Crippen molar-refractivity contribution >= 4 is 11.8 Å². The van der Waals surface area contributed by atoms with E-state index < -0.39 is 0 Å². The van der Waals surface area contributed by atoms with E-state index in [0.29, 0.717) is 16.9 Å². The average Bonchev–Trinajstić information content (AvgIpc) is 3.45. The summed E-state index contributed by atoms with van der Waals surface area (Å²) in [5, 5.41) is 21.4. The zero-order valence-corrected chi connectivity index (χ0v) is 18.2. The lowest BCUT2D eigenvalue weighted by Crippen LogP contribution is -2.02. The minimum absolute atomic E-state index is 0.271. The number of hydrogen-bond acceptors (Lipinski definition) is 8. The van der Waals surface area contributed by atoms with E-state index >= 15 is 0 Å². The minimum atomic E-state index is 0.271. The molecule has 0 saturated heterocycles. The zero-order chi connectivity index (χ0) is 21.3. The van der Waals surface area contributed by atoms with Crippen molar-refractivity contribution in [3.63, 3.8) is 0 Å². The van der Waals surface area contributed by atoms with Crippen LogP contribution in [0.15, 0.2) is 64.2 Å². The Morgan fingerprint density at radius 3 is 2.74 bits per heavy atom. The van der Waals surface area contributed by atoms with Crippen LogP contribution in [-0.2, 0) is 13.2 Å². The van der Waals surface area contributed by atoms with Gasteiger partial charge in [0.15, 0.2) is 6.61 Å². The van der Waals surface area contributed by atoms with E-state index in [-0.39, 0.29) is 6.61 Å². The third-order valence-electron chi connectivity index (χ3n) is 4.51. The normalized spacial score (nSPS) is 11.0. The monoisotopic (exact) mass is 436 g/mol.